The smallest absolute Gasteiger partial charge is 0.170 e. The van der Waals surface area contributed by atoms with E-state index in [2.05, 4.69) is 45.8 Å². The molecule has 0 radical (unpaired) electrons. The minimum Gasteiger partial charge on any atom is -0.362 e. The molecule has 2 N–H and O–H groups in total. The van der Waals surface area contributed by atoms with E-state index >= 15 is 0 Å². The summed E-state index contributed by atoms with van der Waals surface area (Å²) in [4.78, 5) is 0. The van der Waals surface area contributed by atoms with E-state index in [4.69, 9.17) is 12.2 Å². The largest absolute Gasteiger partial charge is 0.362 e. The topological polar surface area (TPSA) is 77.5 Å². The molecule has 0 aliphatic carbocycles. The summed E-state index contributed by atoms with van der Waals surface area (Å²) in [6.07, 6.45) is 8.56. The van der Waals surface area contributed by atoms with Crippen molar-refractivity contribution in [1.82, 2.24) is 34.7 Å². The van der Waals surface area contributed by atoms with Crippen LogP contribution in [0.15, 0.2) is 30.9 Å². The summed E-state index contributed by atoms with van der Waals surface area (Å²) in [6, 6.07) is 2.09. The lowest BCUT2D eigenvalue weighted by molar-refractivity contribution is 0.558. The lowest BCUT2D eigenvalue weighted by Crippen LogP contribution is -2.29. The molecule has 0 saturated heterocycles. The second-order valence-electron chi connectivity index (χ2n) is 6.52. The Morgan fingerprint density at radius 3 is 2.67 bits per heavy atom. The molecule has 0 fully saturated rings. The number of hydrogen-bond donors (Lipinski definition) is 2. The molecule has 3 aromatic heterocycles. The Balaban J connectivity index is 1.40. The SMILES string of the molecule is CCn1cc(Cn2cc(NC(=S)NCCCn3nc(C)cc3C)cn2)cn1. The molecule has 0 bridgehead atoms. The maximum absolute atomic E-state index is 5.36. The molecule has 0 spiro atoms. The highest BCUT2D eigenvalue weighted by Gasteiger charge is 2.04. The van der Waals surface area contributed by atoms with E-state index in [9.17, 15) is 0 Å². The van der Waals surface area contributed by atoms with E-state index in [0.717, 1.165) is 43.0 Å². The second kappa shape index (κ2) is 8.81. The van der Waals surface area contributed by atoms with Crippen LogP contribution in [0.5, 0.6) is 0 Å². The van der Waals surface area contributed by atoms with E-state index in [-0.39, 0.29) is 0 Å². The molecule has 3 rings (SSSR count). The van der Waals surface area contributed by atoms with Gasteiger partial charge in [0.1, 0.15) is 0 Å². The van der Waals surface area contributed by atoms with Crippen LogP contribution in [-0.2, 0) is 19.6 Å². The Bertz CT molecular complexity index is 891. The zero-order valence-electron chi connectivity index (χ0n) is 16.0. The van der Waals surface area contributed by atoms with Gasteiger partial charge in [-0.05, 0) is 45.5 Å². The number of thiocarbonyl (C=S) groups is 1. The van der Waals surface area contributed by atoms with Gasteiger partial charge in [0.25, 0.3) is 0 Å². The molecule has 144 valence electrons. The summed E-state index contributed by atoms with van der Waals surface area (Å²) < 4.78 is 5.80. The Morgan fingerprint density at radius 1 is 1.15 bits per heavy atom. The normalized spacial score (nSPS) is 10.9. The van der Waals surface area contributed by atoms with Gasteiger partial charge in [-0.25, -0.2) is 0 Å². The van der Waals surface area contributed by atoms with Crippen molar-refractivity contribution < 1.29 is 0 Å². The molecule has 0 aliphatic heterocycles. The Labute approximate surface area is 164 Å². The van der Waals surface area contributed by atoms with Crippen molar-refractivity contribution in [2.24, 2.45) is 0 Å². The highest BCUT2D eigenvalue weighted by Crippen LogP contribution is 2.08. The number of nitrogens with one attached hydrogen (secondary N) is 2. The molecule has 0 unspecified atom stereocenters. The number of aryl methyl sites for hydroxylation is 4. The van der Waals surface area contributed by atoms with Crippen molar-refractivity contribution in [3.8, 4) is 0 Å². The lowest BCUT2D eigenvalue weighted by Gasteiger charge is -2.09. The highest BCUT2D eigenvalue weighted by atomic mass is 32.1. The molecule has 0 aliphatic rings. The monoisotopic (exact) mass is 386 g/mol. The average molecular weight is 387 g/mol. The number of nitrogens with zero attached hydrogens (tertiary/aromatic N) is 6. The van der Waals surface area contributed by atoms with Crippen LogP contribution in [0.25, 0.3) is 0 Å². The van der Waals surface area contributed by atoms with Crippen LogP contribution in [0.3, 0.4) is 0 Å². The number of rotatable bonds is 8. The maximum atomic E-state index is 5.36. The van der Waals surface area contributed by atoms with Gasteiger partial charge in [-0.2, -0.15) is 15.3 Å². The molecule has 0 atom stereocenters. The van der Waals surface area contributed by atoms with Crippen LogP contribution in [0.1, 0.15) is 30.3 Å². The summed E-state index contributed by atoms with van der Waals surface area (Å²) in [5, 5.41) is 20.1. The molecule has 0 aromatic carbocycles. The first kappa shape index (κ1) is 19.1. The molecule has 3 aromatic rings. The standard InChI is InChI=1S/C18H26N8S/c1-4-24-11-16(9-20-24)12-25-13-17(10-21-25)22-18(27)19-6-5-7-26-15(3)8-14(2)23-26/h8-11,13H,4-7,12H2,1-3H3,(H2,19,22,27). The fraction of sp³-hybridized carbons (Fsp3) is 0.444. The fourth-order valence-corrected chi connectivity index (χ4v) is 3.09. The predicted octanol–water partition coefficient (Wildman–Crippen LogP) is 2.34. The van der Waals surface area contributed by atoms with Gasteiger partial charge in [0, 0.05) is 43.3 Å². The van der Waals surface area contributed by atoms with Crippen LogP contribution in [0.4, 0.5) is 5.69 Å². The Hall–Kier alpha value is -2.68. The first-order chi connectivity index (χ1) is 13.0. The molecule has 0 amide bonds. The van der Waals surface area contributed by atoms with Gasteiger partial charge in [-0.15, -0.1) is 0 Å². The van der Waals surface area contributed by atoms with Crippen LogP contribution < -0.4 is 10.6 Å². The lowest BCUT2D eigenvalue weighted by atomic mass is 10.4. The third kappa shape index (κ3) is 5.40. The van der Waals surface area contributed by atoms with Gasteiger partial charge in [0.15, 0.2) is 5.11 Å². The molecular formula is C18H26N8S. The molecule has 8 nitrogen and oxygen atoms in total. The number of aromatic nitrogens is 6. The summed E-state index contributed by atoms with van der Waals surface area (Å²) in [6.45, 7) is 9.36. The van der Waals surface area contributed by atoms with Crippen molar-refractivity contribution in [3.05, 3.63) is 47.8 Å². The van der Waals surface area contributed by atoms with Crippen LogP contribution in [0, 0.1) is 13.8 Å². The van der Waals surface area contributed by atoms with Gasteiger partial charge in [-0.3, -0.25) is 14.0 Å². The van der Waals surface area contributed by atoms with E-state index < -0.39 is 0 Å². The summed E-state index contributed by atoms with van der Waals surface area (Å²) in [7, 11) is 0. The van der Waals surface area contributed by atoms with Crippen LogP contribution in [0.2, 0.25) is 0 Å². The molecule has 27 heavy (non-hydrogen) atoms. The molecule has 9 heteroatoms. The van der Waals surface area contributed by atoms with Crippen molar-refractivity contribution in [2.45, 2.75) is 46.8 Å². The maximum Gasteiger partial charge on any atom is 0.170 e. The fourth-order valence-electron chi connectivity index (χ4n) is 2.87. The van der Waals surface area contributed by atoms with E-state index in [1.807, 2.05) is 39.6 Å². The van der Waals surface area contributed by atoms with Gasteiger partial charge >= 0.3 is 0 Å². The van der Waals surface area contributed by atoms with Crippen LogP contribution in [-0.4, -0.2) is 41.0 Å². The van der Waals surface area contributed by atoms with Gasteiger partial charge < -0.3 is 10.6 Å². The quantitative estimate of drug-likeness (QED) is 0.457. The summed E-state index contributed by atoms with van der Waals surface area (Å²) >= 11 is 5.36. The number of anilines is 1. The predicted molar refractivity (Wildman–Crippen MR) is 110 cm³/mol. The van der Waals surface area contributed by atoms with Crippen molar-refractivity contribution in [3.63, 3.8) is 0 Å². The molecular weight excluding hydrogens is 360 g/mol. The van der Waals surface area contributed by atoms with E-state index in [1.165, 1.54) is 5.69 Å². The minimum absolute atomic E-state index is 0.599. The first-order valence-corrected chi connectivity index (χ1v) is 9.54. The van der Waals surface area contributed by atoms with Gasteiger partial charge in [-0.1, -0.05) is 0 Å². The van der Waals surface area contributed by atoms with Crippen molar-refractivity contribution >= 4 is 23.0 Å². The Kier molecular flexibility index (Phi) is 6.23. The van der Waals surface area contributed by atoms with Gasteiger partial charge in [0.05, 0.1) is 30.3 Å². The third-order valence-electron chi connectivity index (χ3n) is 4.18. The van der Waals surface area contributed by atoms with Crippen molar-refractivity contribution in [1.29, 1.82) is 0 Å². The summed E-state index contributed by atoms with van der Waals surface area (Å²) in [5.74, 6) is 0. The zero-order chi connectivity index (χ0) is 19.2. The van der Waals surface area contributed by atoms with Crippen molar-refractivity contribution in [2.75, 3.05) is 11.9 Å². The molecule has 0 saturated carbocycles. The average Bonchev–Trinajstić information content (AvgIpc) is 3.33. The van der Waals surface area contributed by atoms with E-state index in [0.29, 0.717) is 11.7 Å². The molecule has 3 heterocycles. The number of hydrogen-bond acceptors (Lipinski definition) is 4. The Morgan fingerprint density at radius 2 is 1.96 bits per heavy atom. The third-order valence-corrected chi connectivity index (χ3v) is 4.43. The minimum atomic E-state index is 0.599. The second-order valence-corrected chi connectivity index (χ2v) is 6.92. The zero-order valence-corrected chi connectivity index (χ0v) is 16.8. The highest BCUT2D eigenvalue weighted by molar-refractivity contribution is 7.80. The summed E-state index contributed by atoms with van der Waals surface area (Å²) in [5.41, 5.74) is 4.23. The van der Waals surface area contributed by atoms with Crippen LogP contribution >= 0.6 is 12.2 Å². The first-order valence-electron chi connectivity index (χ1n) is 9.13. The van der Waals surface area contributed by atoms with E-state index in [1.54, 1.807) is 6.20 Å². The van der Waals surface area contributed by atoms with Gasteiger partial charge in [0.2, 0.25) is 0 Å².